The number of aliphatic hydroxyl groups is 1. The third kappa shape index (κ3) is 3.47. The maximum Gasteiger partial charge on any atom is 0.141 e. The van der Waals surface area contributed by atoms with Crippen molar-refractivity contribution in [2.45, 2.75) is 13.0 Å². The lowest BCUT2D eigenvalue weighted by Gasteiger charge is -2.10. The van der Waals surface area contributed by atoms with Crippen molar-refractivity contribution in [3.63, 3.8) is 0 Å². The summed E-state index contributed by atoms with van der Waals surface area (Å²) in [5, 5.41) is 9.88. The van der Waals surface area contributed by atoms with Gasteiger partial charge in [-0.25, -0.2) is 4.39 Å². The summed E-state index contributed by atoms with van der Waals surface area (Å²) >= 11 is 9.10. The Kier molecular flexibility index (Phi) is 4.45. The van der Waals surface area contributed by atoms with Crippen molar-refractivity contribution in [2.24, 2.45) is 0 Å². The van der Waals surface area contributed by atoms with Crippen molar-refractivity contribution in [2.75, 3.05) is 0 Å². The highest BCUT2D eigenvalue weighted by Gasteiger charge is 2.09. The van der Waals surface area contributed by atoms with Gasteiger partial charge in [0.05, 0.1) is 15.6 Å². The number of hydrogen-bond donors (Lipinski definition) is 1. The highest BCUT2D eigenvalue weighted by atomic mass is 79.9. The third-order valence-electron chi connectivity index (χ3n) is 2.55. The first-order valence-electron chi connectivity index (χ1n) is 5.58. The van der Waals surface area contributed by atoms with E-state index >= 15 is 0 Å². The summed E-state index contributed by atoms with van der Waals surface area (Å²) in [5.41, 5.74) is 0.621. The Balaban J connectivity index is 2.24. The van der Waals surface area contributed by atoms with Gasteiger partial charge in [-0.2, -0.15) is 0 Å². The van der Waals surface area contributed by atoms with Crippen LogP contribution in [0.25, 0.3) is 0 Å². The summed E-state index contributed by atoms with van der Waals surface area (Å²) in [4.78, 5) is 0. The van der Waals surface area contributed by atoms with Crippen LogP contribution in [0.3, 0.4) is 0 Å². The minimum Gasteiger partial charge on any atom is -0.457 e. The van der Waals surface area contributed by atoms with Gasteiger partial charge in [0.2, 0.25) is 0 Å². The van der Waals surface area contributed by atoms with Crippen LogP contribution in [0.4, 0.5) is 4.39 Å². The molecule has 0 amide bonds. The summed E-state index contributed by atoms with van der Waals surface area (Å²) < 4.78 is 19.2. The van der Waals surface area contributed by atoms with Crippen molar-refractivity contribution in [1.29, 1.82) is 0 Å². The monoisotopic (exact) mass is 344 g/mol. The number of rotatable bonds is 3. The minimum atomic E-state index is -0.647. The van der Waals surface area contributed by atoms with Crippen molar-refractivity contribution in [3.8, 4) is 11.5 Å². The zero-order valence-electron chi connectivity index (χ0n) is 10.0. The third-order valence-corrected chi connectivity index (χ3v) is 3.52. The van der Waals surface area contributed by atoms with Crippen LogP contribution in [0.5, 0.6) is 11.5 Å². The maximum absolute atomic E-state index is 13.3. The molecule has 2 rings (SSSR count). The van der Waals surface area contributed by atoms with E-state index in [0.717, 1.165) is 0 Å². The number of hydrogen-bond acceptors (Lipinski definition) is 2. The molecular formula is C14H11BrClFO2. The van der Waals surface area contributed by atoms with E-state index in [1.165, 1.54) is 6.07 Å². The van der Waals surface area contributed by atoms with Gasteiger partial charge in [-0.1, -0.05) is 17.7 Å². The second-order valence-corrected chi connectivity index (χ2v) is 5.30. The zero-order valence-corrected chi connectivity index (χ0v) is 12.4. The molecule has 0 aliphatic heterocycles. The summed E-state index contributed by atoms with van der Waals surface area (Å²) in [5.74, 6) is 0.460. The van der Waals surface area contributed by atoms with Crippen LogP contribution >= 0.6 is 27.5 Å². The Labute approximate surface area is 123 Å². The fourth-order valence-electron chi connectivity index (χ4n) is 1.59. The first-order valence-corrected chi connectivity index (χ1v) is 6.75. The molecule has 19 heavy (non-hydrogen) atoms. The van der Waals surface area contributed by atoms with Gasteiger partial charge in [-0.15, -0.1) is 0 Å². The minimum absolute atomic E-state index is 0.376. The molecule has 0 radical (unpaired) electrons. The van der Waals surface area contributed by atoms with Gasteiger partial charge in [0.1, 0.15) is 17.3 Å². The summed E-state index contributed by atoms with van der Waals surface area (Å²) in [6.07, 6.45) is -0.647. The summed E-state index contributed by atoms with van der Waals surface area (Å²) in [7, 11) is 0. The molecule has 0 bridgehead atoms. The lowest BCUT2D eigenvalue weighted by Crippen LogP contribution is -1.93. The number of aliphatic hydroxyl groups excluding tert-OH is 1. The first kappa shape index (κ1) is 14.3. The predicted molar refractivity (Wildman–Crippen MR) is 76.3 cm³/mol. The molecular weight excluding hydrogens is 335 g/mol. The van der Waals surface area contributed by atoms with E-state index in [1.807, 2.05) is 0 Å². The molecule has 2 aromatic carbocycles. The largest absolute Gasteiger partial charge is 0.457 e. The van der Waals surface area contributed by atoms with Crippen LogP contribution in [0.1, 0.15) is 18.6 Å². The molecule has 5 heteroatoms. The second-order valence-electron chi connectivity index (χ2n) is 4.04. The highest BCUT2D eigenvalue weighted by Crippen LogP contribution is 2.31. The fraction of sp³-hybridized carbons (Fsp3) is 0.143. The van der Waals surface area contributed by atoms with Crippen molar-refractivity contribution in [1.82, 2.24) is 0 Å². The Morgan fingerprint density at radius 3 is 2.42 bits per heavy atom. The molecule has 0 aromatic heterocycles. The molecule has 2 nitrogen and oxygen atoms in total. The van der Waals surface area contributed by atoms with Crippen LogP contribution in [-0.2, 0) is 0 Å². The molecule has 0 heterocycles. The molecule has 100 valence electrons. The van der Waals surface area contributed by atoms with Gasteiger partial charge < -0.3 is 9.84 Å². The molecule has 0 spiro atoms. The van der Waals surface area contributed by atoms with Gasteiger partial charge in [0.15, 0.2) is 0 Å². The molecule has 0 saturated carbocycles. The van der Waals surface area contributed by atoms with E-state index in [1.54, 1.807) is 37.3 Å². The van der Waals surface area contributed by atoms with E-state index in [9.17, 15) is 9.50 Å². The zero-order chi connectivity index (χ0) is 14.0. The van der Waals surface area contributed by atoms with E-state index in [4.69, 9.17) is 16.3 Å². The number of halogens is 3. The average molecular weight is 346 g/mol. The lowest BCUT2D eigenvalue weighted by molar-refractivity contribution is 0.199. The molecule has 0 aliphatic carbocycles. The standard InChI is InChI=1S/C14H11BrClFO2/c1-8(18)11-4-2-9(6-13(11)16)19-10-3-5-12(15)14(17)7-10/h2-8,18H,1H3. The lowest BCUT2D eigenvalue weighted by atomic mass is 10.1. The first-order chi connectivity index (χ1) is 8.97. The smallest absolute Gasteiger partial charge is 0.141 e. The quantitative estimate of drug-likeness (QED) is 0.840. The van der Waals surface area contributed by atoms with Crippen LogP contribution in [0.15, 0.2) is 40.9 Å². The van der Waals surface area contributed by atoms with E-state index in [2.05, 4.69) is 15.9 Å². The normalized spacial score (nSPS) is 12.3. The molecule has 1 atom stereocenters. The van der Waals surface area contributed by atoms with Crippen LogP contribution in [-0.4, -0.2) is 5.11 Å². The van der Waals surface area contributed by atoms with Gasteiger partial charge in [0, 0.05) is 6.07 Å². The van der Waals surface area contributed by atoms with E-state index in [0.29, 0.717) is 26.6 Å². The van der Waals surface area contributed by atoms with Crippen molar-refractivity contribution < 1.29 is 14.2 Å². The Hall–Kier alpha value is -1.10. The molecule has 0 saturated heterocycles. The molecule has 1 unspecified atom stereocenters. The van der Waals surface area contributed by atoms with Gasteiger partial charge >= 0.3 is 0 Å². The topological polar surface area (TPSA) is 29.5 Å². The van der Waals surface area contributed by atoms with Crippen LogP contribution < -0.4 is 4.74 Å². The van der Waals surface area contributed by atoms with Gasteiger partial charge in [0.25, 0.3) is 0 Å². The average Bonchev–Trinajstić information content (AvgIpc) is 2.33. The van der Waals surface area contributed by atoms with E-state index in [-0.39, 0.29) is 0 Å². The number of benzene rings is 2. The SMILES string of the molecule is CC(O)c1ccc(Oc2ccc(Br)c(F)c2)cc1Cl. The van der Waals surface area contributed by atoms with Crippen molar-refractivity contribution in [3.05, 3.63) is 57.3 Å². The molecule has 0 aliphatic rings. The fourth-order valence-corrected chi connectivity index (χ4v) is 2.16. The van der Waals surface area contributed by atoms with Crippen LogP contribution in [0.2, 0.25) is 5.02 Å². The molecule has 0 fully saturated rings. The Morgan fingerprint density at radius 1 is 1.21 bits per heavy atom. The predicted octanol–water partition coefficient (Wildman–Crippen LogP) is 5.09. The van der Waals surface area contributed by atoms with Gasteiger partial charge in [-0.05, 0) is 52.7 Å². The van der Waals surface area contributed by atoms with E-state index < -0.39 is 11.9 Å². The Morgan fingerprint density at radius 2 is 1.84 bits per heavy atom. The summed E-state index contributed by atoms with van der Waals surface area (Å²) in [6.45, 7) is 1.63. The highest BCUT2D eigenvalue weighted by molar-refractivity contribution is 9.10. The maximum atomic E-state index is 13.3. The van der Waals surface area contributed by atoms with Crippen LogP contribution in [0, 0.1) is 5.82 Å². The molecule has 2 aromatic rings. The number of ether oxygens (including phenoxy) is 1. The summed E-state index contributed by atoms with van der Waals surface area (Å²) in [6, 6.07) is 9.43. The second kappa shape index (κ2) is 5.90. The van der Waals surface area contributed by atoms with Crippen molar-refractivity contribution >= 4 is 27.5 Å². The van der Waals surface area contributed by atoms with Gasteiger partial charge in [-0.3, -0.25) is 0 Å². The molecule has 1 N–H and O–H groups in total. The Bertz CT molecular complexity index is 602.